The molecule has 0 bridgehead atoms. The normalized spacial score (nSPS) is 10.6. The molecule has 0 saturated heterocycles. The maximum Gasteiger partial charge on any atom is 0.202 e. The molecule has 0 spiro atoms. The Kier molecular flexibility index (Phi) is 5.15. The summed E-state index contributed by atoms with van der Waals surface area (Å²) in [5.41, 5.74) is 1.39. The third-order valence-electron chi connectivity index (χ3n) is 3.81. The number of nitriles is 1. The monoisotopic (exact) mass is 400 g/mol. The van der Waals surface area contributed by atoms with Crippen LogP contribution in [-0.2, 0) is 6.54 Å². The fourth-order valence-corrected chi connectivity index (χ4v) is 2.97. The van der Waals surface area contributed by atoms with Crippen LogP contribution in [0.4, 0.5) is 4.39 Å². The number of benzene rings is 2. The second-order valence-corrected chi connectivity index (χ2v) is 6.36. The molecular weight excluding hydrogens is 387 g/mol. The quantitative estimate of drug-likeness (QED) is 0.562. The van der Waals surface area contributed by atoms with Gasteiger partial charge in [-0.1, -0.05) is 34.1 Å². The number of carbonyl (C=O) groups excluding carboxylic acids is 1. The molecule has 2 aromatic carbocycles. The molecule has 0 aliphatic heterocycles. The Morgan fingerprint density at radius 2 is 2.08 bits per heavy atom. The lowest BCUT2D eigenvalue weighted by molar-refractivity contribution is 0.0920. The molecule has 0 atom stereocenters. The van der Waals surface area contributed by atoms with Crippen molar-refractivity contribution in [1.82, 2.24) is 4.57 Å². The third-order valence-corrected chi connectivity index (χ3v) is 4.30. The van der Waals surface area contributed by atoms with Gasteiger partial charge in [-0.2, -0.15) is 5.26 Å². The van der Waals surface area contributed by atoms with Crippen LogP contribution in [0.3, 0.4) is 0 Å². The van der Waals surface area contributed by atoms with Gasteiger partial charge in [-0.05, 0) is 24.3 Å². The van der Waals surface area contributed by atoms with Crippen molar-refractivity contribution in [3.8, 4) is 11.8 Å². The minimum absolute atomic E-state index is 0.0322. The highest BCUT2D eigenvalue weighted by Crippen LogP contribution is 2.24. The zero-order chi connectivity index (χ0) is 17.8. The number of ketones is 1. The molecule has 126 valence electrons. The average molecular weight is 401 g/mol. The van der Waals surface area contributed by atoms with E-state index in [1.54, 1.807) is 12.3 Å². The van der Waals surface area contributed by atoms with Gasteiger partial charge in [0, 0.05) is 33.7 Å². The number of hydrogen-bond acceptors (Lipinski definition) is 3. The number of hydrogen-bond donors (Lipinski definition) is 0. The minimum Gasteiger partial charge on any atom is -0.482 e. The van der Waals surface area contributed by atoms with Gasteiger partial charge in [0.15, 0.2) is 18.2 Å². The smallest absolute Gasteiger partial charge is 0.202 e. The minimum atomic E-state index is -0.529. The number of aryl methyl sites for hydroxylation is 1. The molecule has 0 saturated carbocycles. The largest absolute Gasteiger partial charge is 0.482 e. The van der Waals surface area contributed by atoms with Crippen molar-refractivity contribution in [3.63, 3.8) is 0 Å². The fraction of sp³-hybridized carbons (Fsp3) is 0.158. The van der Waals surface area contributed by atoms with Crippen LogP contribution in [0.2, 0.25) is 0 Å². The molecule has 6 heteroatoms. The van der Waals surface area contributed by atoms with Crippen LogP contribution in [0.1, 0.15) is 16.8 Å². The molecule has 3 rings (SSSR count). The standard InChI is InChI=1S/C19H14BrFN2O2/c20-13-6-7-19(16(21)10-13)25-12-18(24)15-11-23(9-3-8-22)17-5-2-1-4-14(15)17/h1-2,4-7,10-11H,3,9,12H2. The van der Waals surface area contributed by atoms with Gasteiger partial charge in [-0.3, -0.25) is 4.79 Å². The number of rotatable bonds is 6. The summed E-state index contributed by atoms with van der Waals surface area (Å²) >= 11 is 3.18. The summed E-state index contributed by atoms with van der Waals surface area (Å²) in [4.78, 5) is 12.6. The molecule has 0 unspecified atom stereocenters. The molecule has 3 aromatic rings. The summed E-state index contributed by atoms with van der Waals surface area (Å²) in [6, 6.07) is 14.0. The van der Waals surface area contributed by atoms with Gasteiger partial charge < -0.3 is 9.30 Å². The summed E-state index contributed by atoms with van der Waals surface area (Å²) < 4.78 is 21.6. The van der Waals surface area contributed by atoms with Gasteiger partial charge in [0.25, 0.3) is 0 Å². The molecule has 1 aromatic heterocycles. The Hall–Kier alpha value is -2.65. The Morgan fingerprint density at radius 1 is 1.28 bits per heavy atom. The first-order valence-electron chi connectivity index (χ1n) is 7.66. The fourth-order valence-electron chi connectivity index (χ4n) is 2.64. The number of ether oxygens (including phenoxy) is 1. The Bertz CT molecular complexity index is 975. The van der Waals surface area contributed by atoms with E-state index in [9.17, 15) is 9.18 Å². The lowest BCUT2D eigenvalue weighted by atomic mass is 10.1. The number of fused-ring (bicyclic) bond motifs is 1. The Balaban J connectivity index is 1.83. The average Bonchev–Trinajstić information content (AvgIpc) is 2.98. The van der Waals surface area contributed by atoms with E-state index < -0.39 is 5.82 Å². The first-order valence-corrected chi connectivity index (χ1v) is 8.45. The molecular formula is C19H14BrFN2O2. The number of halogens is 2. The van der Waals surface area contributed by atoms with Crippen molar-refractivity contribution in [3.05, 3.63) is 64.5 Å². The zero-order valence-electron chi connectivity index (χ0n) is 13.2. The molecule has 0 amide bonds. The van der Waals surface area contributed by atoms with Crippen LogP contribution in [0.25, 0.3) is 10.9 Å². The molecule has 0 aliphatic carbocycles. The number of nitrogens with zero attached hydrogens (tertiary/aromatic N) is 2. The number of carbonyl (C=O) groups is 1. The van der Waals surface area contributed by atoms with Crippen LogP contribution in [0, 0.1) is 17.1 Å². The van der Waals surface area contributed by atoms with Crippen molar-refractivity contribution < 1.29 is 13.9 Å². The molecule has 0 radical (unpaired) electrons. The number of para-hydroxylation sites is 1. The molecule has 0 N–H and O–H groups in total. The van der Waals surface area contributed by atoms with E-state index in [2.05, 4.69) is 22.0 Å². The zero-order valence-corrected chi connectivity index (χ0v) is 14.8. The highest BCUT2D eigenvalue weighted by Gasteiger charge is 2.16. The summed E-state index contributed by atoms with van der Waals surface area (Å²) in [5, 5.41) is 9.58. The van der Waals surface area contributed by atoms with Gasteiger partial charge in [0.2, 0.25) is 5.78 Å². The Labute approximate surface area is 152 Å². The van der Waals surface area contributed by atoms with Gasteiger partial charge >= 0.3 is 0 Å². The van der Waals surface area contributed by atoms with E-state index in [-0.39, 0.29) is 18.1 Å². The number of aromatic nitrogens is 1. The second kappa shape index (κ2) is 7.49. The van der Waals surface area contributed by atoms with E-state index in [0.29, 0.717) is 23.0 Å². The van der Waals surface area contributed by atoms with Crippen LogP contribution in [0.15, 0.2) is 53.1 Å². The highest BCUT2D eigenvalue weighted by molar-refractivity contribution is 9.10. The second-order valence-electron chi connectivity index (χ2n) is 5.45. The summed E-state index contributed by atoms with van der Waals surface area (Å²) in [5.74, 6) is -0.738. The lowest BCUT2D eigenvalue weighted by Gasteiger charge is -2.06. The third kappa shape index (κ3) is 3.72. The van der Waals surface area contributed by atoms with E-state index in [4.69, 9.17) is 10.00 Å². The van der Waals surface area contributed by atoms with Crippen molar-refractivity contribution in [2.75, 3.05) is 6.61 Å². The van der Waals surface area contributed by atoms with Gasteiger partial charge in [0.1, 0.15) is 0 Å². The van der Waals surface area contributed by atoms with Gasteiger partial charge in [0.05, 0.1) is 12.5 Å². The maximum atomic E-state index is 13.8. The maximum absolute atomic E-state index is 13.8. The summed E-state index contributed by atoms with van der Waals surface area (Å²) in [6.07, 6.45) is 2.08. The van der Waals surface area contributed by atoms with Crippen molar-refractivity contribution >= 4 is 32.6 Å². The first-order chi connectivity index (χ1) is 12.1. The van der Waals surface area contributed by atoms with Gasteiger partial charge in [-0.25, -0.2) is 4.39 Å². The molecule has 0 fully saturated rings. The molecule has 25 heavy (non-hydrogen) atoms. The first kappa shape index (κ1) is 17.2. The van der Waals surface area contributed by atoms with Crippen molar-refractivity contribution in [2.24, 2.45) is 0 Å². The van der Waals surface area contributed by atoms with Crippen LogP contribution in [-0.4, -0.2) is 17.0 Å². The van der Waals surface area contributed by atoms with Gasteiger partial charge in [-0.15, -0.1) is 0 Å². The predicted octanol–water partition coefficient (Wildman–Crippen LogP) is 4.72. The highest BCUT2D eigenvalue weighted by atomic mass is 79.9. The summed E-state index contributed by atoms with van der Waals surface area (Å²) in [6.45, 7) is 0.247. The SMILES string of the molecule is N#CCCn1cc(C(=O)COc2ccc(Br)cc2F)c2ccccc21. The number of Topliss-reactive ketones (excluding diaryl/α,β-unsaturated/α-hetero) is 1. The van der Waals surface area contributed by atoms with E-state index in [1.807, 2.05) is 28.8 Å². The summed E-state index contributed by atoms with van der Waals surface area (Å²) in [7, 11) is 0. The Morgan fingerprint density at radius 3 is 2.84 bits per heavy atom. The van der Waals surface area contributed by atoms with E-state index >= 15 is 0 Å². The van der Waals surface area contributed by atoms with Crippen molar-refractivity contribution in [2.45, 2.75) is 13.0 Å². The van der Waals surface area contributed by atoms with Crippen LogP contribution in [0.5, 0.6) is 5.75 Å². The van der Waals surface area contributed by atoms with Crippen LogP contribution < -0.4 is 4.74 Å². The predicted molar refractivity (Wildman–Crippen MR) is 96.1 cm³/mol. The van der Waals surface area contributed by atoms with Crippen molar-refractivity contribution in [1.29, 1.82) is 5.26 Å². The topological polar surface area (TPSA) is 55.0 Å². The van der Waals surface area contributed by atoms with E-state index in [1.165, 1.54) is 12.1 Å². The lowest BCUT2D eigenvalue weighted by Crippen LogP contribution is -2.12. The molecule has 1 heterocycles. The molecule has 4 nitrogen and oxygen atoms in total. The van der Waals surface area contributed by atoms with Crippen LogP contribution >= 0.6 is 15.9 Å². The molecule has 0 aliphatic rings. The van der Waals surface area contributed by atoms with E-state index in [0.717, 1.165) is 10.9 Å².